The summed E-state index contributed by atoms with van der Waals surface area (Å²) in [7, 11) is 0. The highest BCUT2D eigenvalue weighted by Crippen LogP contribution is 2.24. The fraction of sp³-hybridized carbons (Fsp3) is 0.917. The van der Waals surface area contributed by atoms with Gasteiger partial charge in [0, 0.05) is 45.2 Å². The fourth-order valence-corrected chi connectivity index (χ4v) is 5.80. The normalized spacial score (nSPS) is 27.5. The Morgan fingerprint density at radius 3 is 2.29 bits per heavy atom. The van der Waals surface area contributed by atoms with Gasteiger partial charge in [-0.05, 0) is 76.9 Å². The Kier molecular flexibility index (Phi) is 8.62. The molecule has 7 nitrogen and oxygen atoms in total. The Labute approximate surface area is 187 Å². The van der Waals surface area contributed by atoms with Crippen LogP contribution in [0.5, 0.6) is 0 Å². The van der Waals surface area contributed by atoms with Gasteiger partial charge in [-0.25, -0.2) is 0 Å². The lowest BCUT2D eigenvalue weighted by Gasteiger charge is -2.38. The van der Waals surface area contributed by atoms with Crippen molar-refractivity contribution in [3.05, 3.63) is 0 Å². The van der Waals surface area contributed by atoms with Gasteiger partial charge in [0.15, 0.2) is 0 Å². The highest BCUT2D eigenvalue weighted by molar-refractivity contribution is 5.76. The van der Waals surface area contributed by atoms with E-state index in [0.29, 0.717) is 30.8 Å². The van der Waals surface area contributed by atoms with Gasteiger partial charge >= 0.3 is 5.97 Å². The van der Waals surface area contributed by atoms with Crippen molar-refractivity contribution in [2.45, 2.75) is 76.4 Å². The van der Waals surface area contributed by atoms with Gasteiger partial charge in [-0.3, -0.25) is 19.4 Å². The number of nitrogens with zero attached hydrogens (tertiary/aromatic N) is 3. The Balaban J connectivity index is 1.08. The van der Waals surface area contributed by atoms with Gasteiger partial charge < -0.3 is 15.0 Å². The summed E-state index contributed by atoms with van der Waals surface area (Å²) in [5.74, 6) is 0.899. The summed E-state index contributed by atoms with van der Waals surface area (Å²) in [4.78, 5) is 31.8. The number of piperidine rings is 1. The molecule has 1 amide bonds. The second kappa shape index (κ2) is 11.6. The number of amides is 1. The second-order valence-corrected chi connectivity index (χ2v) is 10.1. The topological polar surface area (TPSA) is 65.1 Å². The van der Waals surface area contributed by atoms with Crippen LogP contribution in [-0.4, -0.2) is 97.6 Å². The molecule has 1 atom stereocenters. The van der Waals surface area contributed by atoms with Crippen molar-refractivity contribution < 1.29 is 14.3 Å². The van der Waals surface area contributed by atoms with Crippen LogP contribution in [0.1, 0.15) is 64.2 Å². The molecule has 7 heteroatoms. The Morgan fingerprint density at radius 2 is 1.61 bits per heavy atom. The molecule has 31 heavy (non-hydrogen) atoms. The average molecular weight is 435 g/mol. The highest BCUT2D eigenvalue weighted by Gasteiger charge is 2.28. The number of piperazine rings is 1. The van der Waals surface area contributed by atoms with Crippen molar-refractivity contribution in [3.8, 4) is 0 Å². The molecule has 3 aliphatic heterocycles. The third-order valence-corrected chi connectivity index (χ3v) is 7.89. The Hall–Kier alpha value is -1.18. The molecule has 0 bridgehead atoms. The van der Waals surface area contributed by atoms with Gasteiger partial charge in [0.1, 0.15) is 6.10 Å². The molecule has 4 fully saturated rings. The van der Waals surface area contributed by atoms with Crippen LogP contribution in [0.4, 0.5) is 0 Å². The molecule has 4 aliphatic rings. The van der Waals surface area contributed by atoms with Crippen LogP contribution in [0.25, 0.3) is 0 Å². The minimum atomic E-state index is -0.0481. The summed E-state index contributed by atoms with van der Waals surface area (Å²) in [6.45, 7) is 8.38. The van der Waals surface area contributed by atoms with E-state index in [1.54, 1.807) is 0 Å². The number of ether oxygens (including phenoxy) is 1. The van der Waals surface area contributed by atoms with E-state index in [1.165, 1.54) is 25.7 Å². The zero-order valence-corrected chi connectivity index (χ0v) is 19.2. The maximum atomic E-state index is 12.7. The number of esters is 1. The maximum absolute atomic E-state index is 12.7. The second-order valence-electron chi connectivity index (χ2n) is 10.1. The Bertz CT molecular complexity index is 573. The fourth-order valence-electron chi connectivity index (χ4n) is 5.80. The molecule has 1 N–H and O–H groups in total. The van der Waals surface area contributed by atoms with Gasteiger partial charge in [-0.15, -0.1) is 0 Å². The third-order valence-electron chi connectivity index (χ3n) is 7.89. The minimum Gasteiger partial charge on any atom is -0.461 e. The van der Waals surface area contributed by atoms with Gasteiger partial charge in [-0.1, -0.05) is 6.42 Å². The molecule has 0 spiro atoms. The van der Waals surface area contributed by atoms with Gasteiger partial charge in [0.05, 0.1) is 6.54 Å². The number of likely N-dealkylation sites (tertiary alicyclic amines) is 1. The van der Waals surface area contributed by atoms with Crippen LogP contribution in [0.15, 0.2) is 0 Å². The van der Waals surface area contributed by atoms with E-state index < -0.39 is 0 Å². The zero-order valence-electron chi connectivity index (χ0n) is 19.2. The van der Waals surface area contributed by atoms with Crippen LogP contribution >= 0.6 is 0 Å². The van der Waals surface area contributed by atoms with Crippen molar-refractivity contribution >= 4 is 11.9 Å². The molecule has 0 aromatic rings. The molecule has 176 valence electrons. The van der Waals surface area contributed by atoms with Crippen LogP contribution in [-0.2, 0) is 14.3 Å². The first kappa shape index (κ1) is 23.0. The lowest BCUT2D eigenvalue weighted by atomic mass is 9.92. The minimum absolute atomic E-state index is 0.0481. The van der Waals surface area contributed by atoms with Crippen molar-refractivity contribution in [2.75, 3.05) is 58.9 Å². The van der Waals surface area contributed by atoms with E-state index in [9.17, 15) is 9.59 Å². The summed E-state index contributed by atoms with van der Waals surface area (Å²) >= 11 is 0. The molecule has 1 saturated carbocycles. The van der Waals surface area contributed by atoms with Gasteiger partial charge in [0.25, 0.3) is 0 Å². The van der Waals surface area contributed by atoms with Crippen molar-refractivity contribution in [3.63, 3.8) is 0 Å². The summed E-state index contributed by atoms with van der Waals surface area (Å²) in [6.07, 6.45) is 11.0. The molecule has 1 aliphatic carbocycles. The Morgan fingerprint density at radius 1 is 0.871 bits per heavy atom. The first-order chi connectivity index (χ1) is 15.2. The quantitative estimate of drug-likeness (QED) is 0.617. The largest absolute Gasteiger partial charge is 0.461 e. The van der Waals surface area contributed by atoms with Crippen molar-refractivity contribution in [1.82, 2.24) is 20.0 Å². The van der Waals surface area contributed by atoms with E-state index in [2.05, 4.69) is 20.0 Å². The van der Waals surface area contributed by atoms with E-state index in [-0.39, 0.29) is 12.1 Å². The van der Waals surface area contributed by atoms with Crippen molar-refractivity contribution in [1.29, 1.82) is 0 Å². The molecule has 3 saturated heterocycles. The molecule has 0 aromatic carbocycles. The zero-order chi connectivity index (χ0) is 21.5. The lowest BCUT2D eigenvalue weighted by molar-refractivity contribution is -0.152. The first-order valence-electron chi connectivity index (χ1n) is 12.8. The highest BCUT2D eigenvalue weighted by atomic mass is 16.5. The number of rotatable bonds is 7. The van der Waals surface area contributed by atoms with E-state index >= 15 is 0 Å². The van der Waals surface area contributed by atoms with E-state index in [1.807, 2.05) is 0 Å². The number of hydrogen-bond donors (Lipinski definition) is 1. The maximum Gasteiger partial charge on any atom is 0.320 e. The van der Waals surface area contributed by atoms with Crippen LogP contribution < -0.4 is 5.32 Å². The summed E-state index contributed by atoms with van der Waals surface area (Å²) < 4.78 is 5.67. The monoisotopic (exact) mass is 434 g/mol. The number of hydrogen-bond acceptors (Lipinski definition) is 6. The molecule has 0 aromatic heterocycles. The predicted molar refractivity (Wildman–Crippen MR) is 121 cm³/mol. The SMILES string of the molecule is O=C(CN1CCC(CCC(=O)N2CCN(C3CCNC3)CC2)CC1)OC1CCCCC1. The van der Waals surface area contributed by atoms with E-state index in [4.69, 9.17) is 4.74 Å². The summed E-state index contributed by atoms with van der Waals surface area (Å²) in [6, 6.07) is 0.669. The number of carbonyl (C=O) groups excluding carboxylic acids is 2. The standard InChI is InChI=1S/C24H42N4O3/c29-23(28-16-14-27(15-17-28)21-8-11-25-18-21)7-6-20-9-12-26(13-10-20)19-24(30)31-22-4-2-1-3-5-22/h20-22,25H,1-19H2. The lowest BCUT2D eigenvalue weighted by Crippen LogP contribution is -2.52. The molecular weight excluding hydrogens is 392 g/mol. The molecule has 3 heterocycles. The summed E-state index contributed by atoms with van der Waals surface area (Å²) in [5.41, 5.74) is 0. The van der Waals surface area contributed by atoms with Crippen LogP contribution in [0.2, 0.25) is 0 Å². The van der Waals surface area contributed by atoms with E-state index in [0.717, 1.165) is 84.5 Å². The van der Waals surface area contributed by atoms with Crippen molar-refractivity contribution in [2.24, 2.45) is 5.92 Å². The third kappa shape index (κ3) is 6.90. The predicted octanol–water partition coefficient (Wildman–Crippen LogP) is 1.86. The number of carbonyl (C=O) groups is 2. The van der Waals surface area contributed by atoms with Gasteiger partial charge in [-0.2, -0.15) is 0 Å². The molecule has 4 rings (SSSR count). The average Bonchev–Trinajstić information content (AvgIpc) is 3.34. The van der Waals surface area contributed by atoms with Gasteiger partial charge in [0.2, 0.25) is 5.91 Å². The summed E-state index contributed by atoms with van der Waals surface area (Å²) in [5, 5.41) is 3.44. The number of nitrogens with one attached hydrogen (secondary N) is 1. The first-order valence-corrected chi connectivity index (χ1v) is 12.8. The van der Waals surface area contributed by atoms with Crippen LogP contribution in [0.3, 0.4) is 0 Å². The molecular formula is C24H42N4O3. The molecule has 0 radical (unpaired) electrons. The molecule has 1 unspecified atom stereocenters. The van der Waals surface area contributed by atoms with Crippen LogP contribution in [0, 0.1) is 5.92 Å². The smallest absolute Gasteiger partial charge is 0.320 e.